The molecule has 4 nitrogen and oxygen atoms in total. The van der Waals surface area contributed by atoms with Crippen molar-refractivity contribution < 1.29 is 9.47 Å². The number of hydrogen-bond donors (Lipinski definition) is 0. The molecule has 1 aliphatic heterocycles. The van der Waals surface area contributed by atoms with Crippen LogP contribution in [0.1, 0.15) is 19.4 Å². The van der Waals surface area contributed by atoms with E-state index in [1.54, 1.807) is 7.11 Å². The second kappa shape index (κ2) is 6.64. The van der Waals surface area contributed by atoms with E-state index in [4.69, 9.17) is 14.5 Å². The van der Waals surface area contributed by atoms with Gasteiger partial charge in [0.2, 0.25) is 5.72 Å². The van der Waals surface area contributed by atoms with Crippen molar-refractivity contribution in [2.75, 3.05) is 21.2 Å². The summed E-state index contributed by atoms with van der Waals surface area (Å²) in [5.74, 6) is 1.48. The van der Waals surface area contributed by atoms with Crippen LogP contribution in [-0.2, 0) is 5.41 Å². The summed E-state index contributed by atoms with van der Waals surface area (Å²) in [5, 5.41) is 2.45. The normalized spacial score (nSPS) is 18.8. The lowest BCUT2D eigenvalue weighted by Gasteiger charge is -2.49. The highest BCUT2D eigenvalue weighted by atomic mass is 16.5. The maximum Gasteiger partial charge on any atom is 0.208 e. The second-order valence-corrected chi connectivity index (χ2v) is 7.97. The predicted molar refractivity (Wildman–Crippen MR) is 115 cm³/mol. The quantitative estimate of drug-likeness (QED) is 0.631. The van der Waals surface area contributed by atoms with Gasteiger partial charge in [-0.05, 0) is 42.6 Å². The first kappa shape index (κ1) is 18.5. The highest BCUT2D eigenvalue weighted by Gasteiger charge is 2.51. The molecule has 0 fully saturated rings. The topological polar surface area (TPSA) is 34.1 Å². The minimum absolute atomic E-state index is 0.370. The van der Waals surface area contributed by atoms with Crippen LogP contribution in [0.4, 0.5) is 5.69 Å². The van der Waals surface area contributed by atoms with E-state index in [2.05, 4.69) is 61.2 Å². The highest BCUT2D eigenvalue weighted by molar-refractivity contribution is 5.84. The van der Waals surface area contributed by atoms with Gasteiger partial charge in [0, 0.05) is 11.5 Å². The van der Waals surface area contributed by atoms with Crippen LogP contribution in [0.2, 0.25) is 0 Å². The minimum Gasteiger partial charge on any atom is -0.497 e. The van der Waals surface area contributed by atoms with Crippen LogP contribution in [0.3, 0.4) is 0 Å². The molecule has 1 aliphatic rings. The first-order valence-electron chi connectivity index (χ1n) is 9.46. The van der Waals surface area contributed by atoms with Gasteiger partial charge < -0.3 is 9.47 Å². The Morgan fingerprint density at radius 2 is 1.71 bits per heavy atom. The lowest BCUT2D eigenvalue weighted by molar-refractivity contribution is -0.0483. The maximum absolute atomic E-state index is 6.65. The fourth-order valence-electron chi connectivity index (χ4n) is 4.00. The van der Waals surface area contributed by atoms with E-state index in [1.165, 1.54) is 16.3 Å². The number of likely N-dealkylation sites (N-methyl/N-ethyl adjacent to an activating group) is 1. The van der Waals surface area contributed by atoms with Crippen LogP contribution in [0.15, 0.2) is 65.7 Å². The Bertz CT molecular complexity index is 1060. The van der Waals surface area contributed by atoms with Crippen molar-refractivity contribution in [2.24, 2.45) is 4.99 Å². The van der Waals surface area contributed by atoms with Crippen molar-refractivity contribution in [3.05, 3.63) is 66.2 Å². The highest BCUT2D eigenvalue weighted by Crippen LogP contribution is 2.45. The van der Waals surface area contributed by atoms with E-state index in [1.807, 2.05) is 38.5 Å². The van der Waals surface area contributed by atoms with Crippen LogP contribution < -0.4 is 9.47 Å². The largest absolute Gasteiger partial charge is 0.497 e. The number of aliphatic imine (C=N–C) groups is 1. The Hall–Kier alpha value is -2.85. The van der Waals surface area contributed by atoms with Gasteiger partial charge >= 0.3 is 0 Å². The van der Waals surface area contributed by atoms with Gasteiger partial charge in [-0.1, -0.05) is 56.3 Å². The summed E-state index contributed by atoms with van der Waals surface area (Å²) in [7, 11) is 5.71. The number of ether oxygens (including phenoxy) is 2. The zero-order valence-corrected chi connectivity index (χ0v) is 17.1. The average molecular weight is 374 g/mol. The lowest BCUT2D eigenvalue weighted by Crippen LogP contribution is -2.63. The van der Waals surface area contributed by atoms with Gasteiger partial charge in [0.05, 0.1) is 13.3 Å². The molecule has 1 heterocycles. The summed E-state index contributed by atoms with van der Waals surface area (Å²) < 4.78 is 12.0. The molecule has 4 rings (SSSR count). The van der Waals surface area contributed by atoms with Crippen LogP contribution in [0.5, 0.6) is 11.5 Å². The number of methoxy groups -OCH3 is 1. The zero-order valence-electron chi connectivity index (χ0n) is 17.1. The third kappa shape index (κ3) is 2.76. The molecule has 4 heteroatoms. The molecule has 1 atom stereocenters. The molecule has 0 saturated carbocycles. The van der Waals surface area contributed by atoms with Gasteiger partial charge in [-0.15, -0.1) is 0 Å². The van der Waals surface area contributed by atoms with Gasteiger partial charge in [0.25, 0.3) is 0 Å². The molecular weight excluding hydrogens is 348 g/mol. The first-order chi connectivity index (χ1) is 13.4. The van der Waals surface area contributed by atoms with Crippen molar-refractivity contribution in [3.8, 4) is 11.5 Å². The molecule has 0 bridgehead atoms. The Labute approximate surface area is 166 Å². The standard InChI is InChI=1S/C24H26N2O2/c1-23(2,19-11-10-17-8-6-7-9-18(17)14-19)24(26(3)4)16-25-21-13-12-20(27-5)15-22(21)28-24/h6-16H,1-5H3. The van der Waals surface area contributed by atoms with E-state index >= 15 is 0 Å². The number of benzene rings is 3. The first-order valence-corrected chi connectivity index (χ1v) is 9.46. The van der Waals surface area contributed by atoms with E-state index in [0.717, 1.165) is 17.2 Å². The number of rotatable bonds is 4. The Morgan fingerprint density at radius 1 is 0.964 bits per heavy atom. The summed E-state index contributed by atoms with van der Waals surface area (Å²) in [5.41, 5.74) is 0.893. The molecule has 3 aromatic rings. The molecule has 0 aromatic heterocycles. The van der Waals surface area contributed by atoms with Gasteiger partial charge in [0.1, 0.15) is 11.4 Å². The molecule has 1 unspecified atom stereocenters. The Morgan fingerprint density at radius 3 is 2.43 bits per heavy atom. The van der Waals surface area contributed by atoms with Crippen LogP contribution in [0, 0.1) is 0 Å². The number of fused-ring (bicyclic) bond motifs is 2. The third-order valence-electron chi connectivity index (χ3n) is 5.84. The van der Waals surface area contributed by atoms with Crippen molar-refractivity contribution in [1.29, 1.82) is 0 Å². The Kier molecular flexibility index (Phi) is 4.39. The van der Waals surface area contributed by atoms with Crippen molar-refractivity contribution >= 4 is 22.7 Å². The number of hydrogen-bond acceptors (Lipinski definition) is 4. The zero-order chi connectivity index (χ0) is 19.9. The van der Waals surface area contributed by atoms with E-state index in [9.17, 15) is 0 Å². The average Bonchev–Trinajstić information content (AvgIpc) is 2.72. The molecule has 0 amide bonds. The summed E-state index contributed by atoms with van der Waals surface area (Å²) >= 11 is 0. The molecule has 0 N–H and O–H groups in total. The van der Waals surface area contributed by atoms with E-state index < -0.39 is 5.72 Å². The van der Waals surface area contributed by atoms with Crippen molar-refractivity contribution in [1.82, 2.24) is 4.90 Å². The maximum atomic E-state index is 6.65. The molecular formula is C24H26N2O2. The lowest BCUT2D eigenvalue weighted by atomic mass is 9.73. The van der Waals surface area contributed by atoms with E-state index in [0.29, 0.717) is 0 Å². The van der Waals surface area contributed by atoms with Crippen LogP contribution in [-0.4, -0.2) is 38.0 Å². The van der Waals surface area contributed by atoms with Crippen LogP contribution in [0.25, 0.3) is 10.8 Å². The molecule has 3 aromatic carbocycles. The van der Waals surface area contributed by atoms with Gasteiger partial charge in [-0.25, -0.2) is 0 Å². The molecule has 0 aliphatic carbocycles. The summed E-state index contributed by atoms with van der Waals surface area (Å²) in [4.78, 5) is 6.84. The molecule has 144 valence electrons. The van der Waals surface area contributed by atoms with Crippen molar-refractivity contribution in [2.45, 2.75) is 25.0 Å². The summed E-state index contributed by atoms with van der Waals surface area (Å²) in [6.45, 7) is 4.41. The van der Waals surface area contributed by atoms with Crippen molar-refractivity contribution in [3.63, 3.8) is 0 Å². The van der Waals surface area contributed by atoms with Gasteiger partial charge in [-0.2, -0.15) is 0 Å². The SMILES string of the molecule is COc1ccc2c(c1)OC(N(C)C)(C(C)(C)c1ccc3ccccc3c1)C=N2. The predicted octanol–water partition coefficient (Wildman–Crippen LogP) is 5.18. The minimum atomic E-state index is -0.741. The fraction of sp³-hybridized carbons (Fsp3) is 0.292. The Balaban J connectivity index is 1.84. The second-order valence-electron chi connectivity index (χ2n) is 7.97. The summed E-state index contributed by atoms with van der Waals surface area (Å²) in [6.07, 6.45) is 1.93. The monoisotopic (exact) mass is 374 g/mol. The third-order valence-corrected chi connectivity index (χ3v) is 5.84. The van der Waals surface area contributed by atoms with Crippen LogP contribution >= 0.6 is 0 Å². The number of nitrogens with zero attached hydrogens (tertiary/aromatic N) is 2. The van der Waals surface area contributed by atoms with Gasteiger partial charge in [-0.3, -0.25) is 9.89 Å². The fourth-order valence-corrected chi connectivity index (χ4v) is 4.00. The molecule has 0 spiro atoms. The molecule has 0 radical (unpaired) electrons. The van der Waals surface area contributed by atoms with Gasteiger partial charge in [0.15, 0.2) is 5.75 Å². The molecule has 0 saturated heterocycles. The smallest absolute Gasteiger partial charge is 0.208 e. The molecule has 28 heavy (non-hydrogen) atoms. The van der Waals surface area contributed by atoms with E-state index in [-0.39, 0.29) is 5.41 Å². The summed E-state index contributed by atoms with van der Waals surface area (Å²) in [6, 6.07) is 20.8.